The highest BCUT2D eigenvalue weighted by Gasteiger charge is 2.72. The number of carbonyl (C=O) groups is 5. The van der Waals surface area contributed by atoms with E-state index in [4.69, 9.17) is 50.3 Å². The number of carboxylic acids is 4. The molecule has 5 rings (SSSR count). The summed E-state index contributed by atoms with van der Waals surface area (Å²) in [6, 6.07) is 4.05. The molecule has 4 aliphatic rings. The van der Waals surface area contributed by atoms with Crippen molar-refractivity contribution in [2.45, 2.75) is 73.3 Å². The molecule has 17 heteroatoms. The fourth-order valence-corrected chi connectivity index (χ4v) is 6.23. The standard InChI is InChI=1S/C18H21NO4.2C4H6O6/c1-19-8-7-17-14-10-3-4-12(22-2)15(14)23-16(17)11(20)5-6-18(17,21)13(19)9-10;2*5-1(3(7)8)2(6)4(9)10/h3-4,13,16,21H,5-9H2,1-2H3;2*1-2,5-6H,(H,7,8)(H,9,10)/t13-,16+,17+,18-;;/m1../s1. The van der Waals surface area contributed by atoms with Crippen LogP contribution in [0.3, 0.4) is 0 Å². The van der Waals surface area contributed by atoms with Crippen molar-refractivity contribution in [1.29, 1.82) is 0 Å². The van der Waals surface area contributed by atoms with Crippen LogP contribution in [0.2, 0.25) is 0 Å². The number of methoxy groups -OCH3 is 1. The van der Waals surface area contributed by atoms with E-state index in [2.05, 4.69) is 18.0 Å². The van der Waals surface area contributed by atoms with E-state index in [1.54, 1.807) is 7.11 Å². The molecule has 1 saturated carbocycles. The topological polar surface area (TPSA) is 289 Å². The van der Waals surface area contributed by atoms with E-state index in [0.717, 1.165) is 24.9 Å². The Labute approximate surface area is 243 Å². The molecule has 2 bridgehead atoms. The monoisotopic (exact) mass is 615 g/mol. The molecule has 0 aromatic heterocycles. The lowest BCUT2D eigenvalue weighted by Crippen LogP contribution is -2.76. The van der Waals surface area contributed by atoms with Crippen LogP contribution >= 0.6 is 0 Å². The molecule has 2 aliphatic heterocycles. The molecular formula is C26H33NO16. The highest BCUT2D eigenvalue weighted by molar-refractivity contribution is 5.90. The average molecular weight is 616 g/mol. The maximum atomic E-state index is 12.7. The van der Waals surface area contributed by atoms with Gasteiger partial charge in [-0.25, -0.2) is 19.2 Å². The van der Waals surface area contributed by atoms with Crippen molar-refractivity contribution in [2.75, 3.05) is 20.7 Å². The fraction of sp³-hybridized carbons (Fsp3) is 0.577. The first-order valence-electron chi connectivity index (χ1n) is 12.9. The molecule has 1 spiro atoms. The van der Waals surface area contributed by atoms with Gasteiger partial charge in [-0.3, -0.25) is 4.79 Å². The zero-order valence-corrected chi connectivity index (χ0v) is 23.0. The number of piperidine rings is 1. The van der Waals surface area contributed by atoms with Crippen LogP contribution in [0.5, 0.6) is 11.5 Å². The second-order valence-electron chi connectivity index (χ2n) is 10.6. The first kappa shape index (κ1) is 33.6. The van der Waals surface area contributed by atoms with Gasteiger partial charge in [0.1, 0.15) is 0 Å². The number of aliphatic hydroxyl groups is 5. The number of hydrogen-bond acceptors (Lipinski definition) is 13. The lowest BCUT2D eigenvalue weighted by Gasteiger charge is -2.62. The number of aliphatic hydroxyl groups excluding tert-OH is 4. The number of Topliss-reactive ketones (excluding diaryl/α,β-unsaturated/α-hetero) is 1. The van der Waals surface area contributed by atoms with Crippen molar-refractivity contribution in [3.05, 3.63) is 23.3 Å². The Kier molecular flexibility index (Phi) is 9.69. The van der Waals surface area contributed by atoms with E-state index < -0.39 is 65.4 Å². The number of hydrogen-bond donors (Lipinski definition) is 9. The molecule has 17 nitrogen and oxygen atoms in total. The number of ether oxygens (including phenoxy) is 2. The van der Waals surface area contributed by atoms with E-state index in [1.807, 2.05) is 6.07 Å². The second kappa shape index (κ2) is 12.4. The van der Waals surface area contributed by atoms with Gasteiger partial charge in [0.25, 0.3) is 0 Å². The van der Waals surface area contributed by atoms with Crippen molar-refractivity contribution in [3.8, 4) is 11.5 Å². The van der Waals surface area contributed by atoms with Gasteiger partial charge in [0.2, 0.25) is 0 Å². The number of likely N-dealkylation sites (N-methyl/N-ethyl adjacent to an activating group) is 1. The van der Waals surface area contributed by atoms with E-state index in [0.29, 0.717) is 24.3 Å². The number of likely N-dealkylation sites (tertiary alicyclic amines) is 1. The van der Waals surface area contributed by atoms with E-state index in [-0.39, 0.29) is 11.8 Å². The lowest BCUT2D eigenvalue weighted by molar-refractivity contribution is -0.185. The fourth-order valence-electron chi connectivity index (χ4n) is 6.23. The van der Waals surface area contributed by atoms with Gasteiger partial charge in [-0.15, -0.1) is 0 Å². The van der Waals surface area contributed by atoms with Gasteiger partial charge in [0.15, 0.2) is 47.8 Å². The number of benzene rings is 1. The summed E-state index contributed by atoms with van der Waals surface area (Å²) in [5, 5.41) is 76.8. The zero-order chi connectivity index (χ0) is 32.6. The number of rotatable bonds is 7. The molecule has 2 aliphatic carbocycles. The van der Waals surface area contributed by atoms with Crippen LogP contribution in [0.4, 0.5) is 0 Å². The predicted octanol–water partition coefficient (Wildman–Crippen LogP) is -3.20. The summed E-state index contributed by atoms with van der Waals surface area (Å²) < 4.78 is 11.6. The maximum Gasteiger partial charge on any atom is 0.335 e. The molecule has 9 N–H and O–H groups in total. The SMILES string of the molecule is COc1ccc2c3c1O[C@H]1C(=O)CC[C@@]4(O)[C@@H](C2)N(C)CC[C@]314.O=C(O)C(O)C(O)C(=O)O.O=C(O)C(O)C(O)C(=O)O. The minimum Gasteiger partial charge on any atom is -0.493 e. The summed E-state index contributed by atoms with van der Waals surface area (Å²) in [5.41, 5.74) is 0.737. The smallest absolute Gasteiger partial charge is 0.335 e. The molecule has 4 unspecified atom stereocenters. The third kappa shape index (κ3) is 5.62. The van der Waals surface area contributed by atoms with Crippen LogP contribution < -0.4 is 9.47 Å². The third-order valence-corrected chi connectivity index (χ3v) is 8.34. The quantitative estimate of drug-likeness (QED) is 0.146. The van der Waals surface area contributed by atoms with Crippen molar-refractivity contribution in [1.82, 2.24) is 4.90 Å². The van der Waals surface area contributed by atoms with Crippen molar-refractivity contribution in [2.24, 2.45) is 0 Å². The summed E-state index contributed by atoms with van der Waals surface area (Å²) in [6.07, 6.45) is -7.17. The van der Waals surface area contributed by atoms with E-state index >= 15 is 0 Å². The van der Waals surface area contributed by atoms with Crippen LogP contribution in [-0.4, -0.2) is 143 Å². The molecule has 1 aromatic carbocycles. The first-order chi connectivity index (χ1) is 20.0. The summed E-state index contributed by atoms with van der Waals surface area (Å²) in [5.74, 6) is -5.61. The number of nitrogens with zero attached hydrogens (tertiary/aromatic N) is 1. The molecular weight excluding hydrogens is 582 g/mol. The Morgan fingerprint density at radius 2 is 1.40 bits per heavy atom. The van der Waals surface area contributed by atoms with E-state index in [1.165, 1.54) is 5.56 Å². The van der Waals surface area contributed by atoms with Crippen LogP contribution in [0, 0.1) is 0 Å². The first-order valence-corrected chi connectivity index (χ1v) is 12.9. The Bertz CT molecular complexity index is 1230. The maximum absolute atomic E-state index is 12.7. The molecule has 8 atom stereocenters. The second-order valence-corrected chi connectivity index (χ2v) is 10.6. The third-order valence-electron chi connectivity index (χ3n) is 8.34. The number of ketones is 1. The number of carbonyl (C=O) groups excluding carboxylic acids is 1. The van der Waals surface area contributed by atoms with Crippen molar-refractivity contribution in [3.63, 3.8) is 0 Å². The predicted molar refractivity (Wildman–Crippen MR) is 138 cm³/mol. The molecule has 1 saturated heterocycles. The Morgan fingerprint density at radius 3 is 1.84 bits per heavy atom. The molecule has 2 heterocycles. The van der Waals surface area contributed by atoms with Crippen LogP contribution in [-0.2, 0) is 35.8 Å². The summed E-state index contributed by atoms with van der Waals surface area (Å²) in [7, 11) is 3.70. The van der Waals surface area contributed by atoms with Crippen molar-refractivity contribution >= 4 is 29.7 Å². The highest BCUT2D eigenvalue weighted by atomic mass is 16.5. The normalized spacial score (nSPS) is 29.0. The minimum absolute atomic E-state index is 0.0438. The molecule has 0 radical (unpaired) electrons. The zero-order valence-electron chi connectivity index (χ0n) is 23.0. The van der Waals surface area contributed by atoms with Gasteiger partial charge in [0.05, 0.1) is 18.1 Å². The van der Waals surface area contributed by atoms with Gasteiger partial charge < -0.3 is 60.3 Å². The molecule has 0 amide bonds. The average Bonchev–Trinajstić information content (AvgIpc) is 3.32. The van der Waals surface area contributed by atoms with Gasteiger partial charge in [-0.1, -0.05) is 6.07 Å². The number of carboxylic acid groups (broad SMARTS) is 4. The summed E-state index contributed by atoms with van der Waals surface area (Å²) in [4.78, 5) is 54.0. The Balaban J connectivity index is 0.000000213. The highest BCUT2D eigenvalue weighted by Crippen LogP contribution is 2.64. The largest absolute Gasteiger partial charge is 0.493 e. The van der Waals surface area contributed by atoms with Gasteiger partial charge in [-0.2, -0.15) is 0 Å². The van der Waals surface area contributed by atoms with Crippen LogP contribution in [0.25, 0.3) is 0 Å². The summed E-state index contributed by atoms with van der Waals surface area (Å²) in [6.45, 7) is 0.871. The van der Waals surface area contributed by atoms with Crippen LogP contribution in [0.15, 0.2) is 12.1 Å². The molecule has 2 fully saturated rings. The Morgan fingerprint density at radius 1 is 0.907 bits per heavy atom. The summed E-state index contributed by atoms with van der Waals surface area (Å²) >= 11 is 0. The molecule has 43 heavy (non-hydrogen) atoms. The van der Waals surface area contributed by atoms with Gasteiger partial charge >= 0.3 is 23.9 Å². The molecule has 1 aromatic rings. The van der Waals surface area contributed by atoms with E-state index in [9.17, 15) is 29.1 Å². The van der Waals surface area contributed by atoms with Crippen LogP contribution in [0.1, 0.15) is 30.4 Å². The van der Waals surface area contributed by atoms with Gasteiger partial charge in [0, 0.05) is 18.0 Å². The van der Waals surface area contributed by atoms with Crippen molar-refractivity contribution < 1.29 is 79.4 Å². The lowest BCUT2D eigenvalue weighted by atomic mass is 9.49. The van der Waals surface area contributed by atoms with Gasteiger partial charge in [-0.05, 0) is 44.5 Å². The molecule has 238 valence electrons. The minimum atomic E-state index is -2.27. The number of aliphatic carboxylic acids is 4. The Hall–Kier alpha value is -3.87.